The van der Waals surface area contributed by atoms with Crippen molar-refractivity contribution in [1.29, 1.82) is 0 Å². The predicted molar refractivity (Wildman–Crippen MR) is 106 cm³/mol. The van der Waals surface area contributed by atoms with Crippen molar-refractivity contribution in [3.05, 3.63) is 65.5 Å². The van der Waals surface area contributed by atoms with Gasteiger partial charge in [-0.1, -0.05) is 38.1 Å². The zero-order valence-electron chi connectivity index (χ0n) is 16.1. The van der Waals surface area contributed by atoms with Crippen LogP contribution in [0.1, 0.15) is 29.8 Å². The first-order chi connectivity index (χ1) is 13.3. The van der Waals surface area contributed by atoms with Crippen LogP contribution < -0.4 is 0 Å². The van der Waals surface area contributed by atoms with Gasteiger partial charge >= 0.3 is 0 Å². The Hall–Kier alpha value is -2.25. The van der Waals surface area contributed by atoms with Crippen LogP contribution >= 0.6 is 0 Å². The van der Waals surface area contributed by atoms with E-state index >= 15 is 0 Å². The van der Waals surface area contributed by atoms with Crippen molar-refractivity contribution in [3.63, 3.8) is 0 Å². The Morgan fingerprint density at radius 1 is 1.00 bits per heavy atom. The molecule has 1 aliphatic rings. The molecule has 0 aromatic heterocycles. The summed E-state index contributed by atoms with van der Waals surface area (Å²) in [7, 11) is -3.90. The molecule has 0 spiro atoms. The molecule has 1 amide bonds. The average molecular weight is 405 g/mol. The normalized spacial score (nSPS) is 15.8. The number of rotatable bonds is 5. The van der Waals surface area contributed by atoms with Gasteiger partial charge in [-0.3, -0.25) is 4.79 Å². The first-order valence-electron chi connectivity index (χ1n) is 9.42. The van der Waals surface area contributed by atoms with Crippen LogP contribution in [0.4, 0.5) is 4.39 Å². The van der Waals surface area contributed by atoms with Crippen LogP contribution in [-0.4, -0.2) is 49.7 Å². The van der Waals surface area contributed by atoms with Crippen molar-refractivity contribution < 1.29 is 17.6 Å². The third-order valence-electron chi connectivity index (χ3n) is 4.83. The SMILES string of the molecule is CC(C)Cc1ccc(C(=O)N2CCN(S(=O)(=O)c3ccccc3F)CC2)cc1. The molecular formula is C21H25FN2O3S. The summed E-state index contributed by atoms with van der Waals surface area (Å²) in [5.41, 5.74) is 1.78. The second-order valence-electron chi connectivity index (χ2n) is 7.42. The summed E-state index contributed by atoms with van der Waals surface area (Å²) in [6.45, 7) is 5.14. The molecule has 0 unspecified atom stereocenters. The van der Waals surface area contributed by atoms with Gasteiger partial charge in [0.1, 0.15) is 10.7 Å². The van der Waals surface area contributed by atoms with Gasteiger partial charge in [-0.25, -0.2) is 12.8 Å². The van der Waals surface area contributed by atoms with E-state index in [0.717, 1.165) is 12.5 Å². The molecule has 5 nitrogen and oxygen atoms in total. The fraction of sp³-hybridized carbons (Fsp3) is 0.381. The summed E-state index contributed by atoms with van der Waals surface area (Å²) < 4.78 is 40.5. The van der Waals surface area contributed by atoms with Crippen LogP contribution in [-0.2, 0) is 16.4 Å². The second kappa shape index (κ2) is 8.41. The third-order valence-corrected chi connectivity index (χ3v) is 6.76. The lowest BCUT2D eigenvalue weighted by Gasteiger charge is -2.34. The quantitative estimate of drug-likeness (QED) is 0.769. The highest BCUT2D eigenvalue weighted by Crippen LogP contribution is 2.21. The molecule has 0 atom stereocenters. The molecule has 1 fully saturated rings. The van der Waals surface area contributed by atoms with Crippen molar-refractivity contribution in [3.8, 4) is 0 Å². The van der Waals surface area contributed by atoms with Crippen molar-refractivity contribution in [1.82, 2.24) is 9.21 Å². The van der Waals surface area contributed by atoms with Crippen LogP contribution in [0, 0.1) is 11.7 Å². The molecule has 1 aliphatic heterocycles. The molecule has 2 aromatic carbocycles. The highest BCUT2D eigenvalue weighted by molar-refractivity contribution is 7.89. The smallest absolute Gasteiger partial charge is 0.253 e. The van der Waals surface area contributed by atoms with Crippen molar-refractivity contribution in [2.75, 3.05) is 26.2 Å². The summed E-state index contributed by atoms with van der Waals surface area (Å²) in [5.74, 6) is -0.326. The van der Waals surface area contributed by atoms with E-state index in [1.54, 1.807) is 4.90 Å². The standard InChI is InChI=1S/C21H25FN2O3S/c1-16(2)15-17-7-9-18(10-8-17)21(25)23-11-13-24(14-12-23)28(26,27)20-6-4-3-5-19(20)22/h3-10,16H,11-15H2,1-2H3. The first kappa shape index (κ1) is 20.5. The molecule has 0 aliphatic carbocycles. The summed E-state index contributed by atoms with van der Waals surface area (Å²) in [5, 5.41) is 0. The Kier molecular flexibility index (Phi) is 6.15. The number of sulfonamides is 1. The van der Waals surface area contributed by atoms with E-state index in [1.165, 1.54) is 28.1 Å². The molecular weight excluding hydrogens is 379 g/mol. The highest BCUT2D eigenvalue weighted by Gasteiger charge is 2.32. The third kappa shape index (κ3) is 4.42. The minimum Gasteiger partial charge on any atom is -0.336 e. The maximum atomic E-state index is 13.9. The predicted octanol–water partition coefficient (Wildman–Crippen LogP) is 3.17. The molecule has 1 saturated heterocycles. The van der Waals surface area contributed by atoms with E-state index in [1.807, 2.05) is 24.3 Å². The van der Waals surface area contributed by atoms with E-state index in [-0.39, 0.29) is 37.0 Å². The fourth-order valence-corrected chi connectivity index (χ4v) is 4.85. The second-order valence-corrected chi connectivity index (χ2v) is 9.33. The summed E-state index contributed by atoms with van der Waals surface area (Å²) in [6, 6.07) is 12.9. The van der Waals surface area contributed by atoms with Crippen molar-refractivity contribution in [2.24, 2.45) is 5.92 Å². The van der Waals surface area contributed by atoms with Crippen LogP contribution in [0.3, 0.4) is 0 Å². The fourth-order valence-electron chi connectivity index (χ4n) is 3.36. The molecule has 0 bridgehead atoms. The van der Waals surface area contributed by atoms with Crippen LogP contribution in [0.25, 0.3) is 0 Å². The van der Waals surface area contributed by atoms with Gasteiger partial charge in [-0.15, -0.1) is 0 Å². The van der Waals surface area contributed by atoms with Gasteiger partial charge < -0.3 is 4.90 Å². The van der Waals surface area contributed by atoms with Crippen molar-refractivity contribution >= 4 is 15.9 Å². The Labute approximate surface area is 165 Å². The van der Waals surface area contributed by atoms with E-state index in [0.29, 0.717) is 11.5 Å². The van der Waals surface area contributed by atoms with Gasteiger partial charge in [0, 0.05) is 31.7 Å². The molecule has 28 heavy (non-hydrogen) atoms. The van der Waals surface area contributed by atoms with Crippen molar-refractivity contribution in [2.45, 2.75) is 25.2 Å². The Bertz CT molecular complexity index is 934. The summed E-state index contributed by atoms with van der Waals surface area (Å²) in [6.07, 6.45) is 0.959. The van der Waals surface area contributed by atoms with Crippen LogP contribution in [0.5, 0.6) is 0 Å². The number of amides is 1. The molecule has 150 valence electrons. The molecule has 3 rings (SSSR count). The minimum absolute atomic E-state index is 0.112. The van der Waals surface area contributed by atoms with E-state index in [2.05, 4.69) is 13.8 Å². The number of hydrogen-bond acceptors (Lipinski definition) is 3. The highest BCUT2D eigenvalue weighted by atomic mass is 32.2. The first-order valence-corrected chi connectivity index (χ1v) is 10.9. The Balaban J connectivity index is 1.65. The van der Waals surface area contributed by atoms with E-state index < -0.39 is 15.8 Å². The monoisotopic (exact) mass is 404 g/mol. The van der Waals surface area contributed by atoms with Gasteiger partial charge in [0.25, 0.3) is 5.91 Å². The largest absolute Gasteiger partial charge is 0.336 e. The molecule has 0 radical (unpaired) electrons. The van der Waals surface area contributed by atoms with E-state index in [9.17, 15) is 17.6 Å². The topological polar surface area (TPSA) is 57.7 Å². The lowest BCUT2D eigenvalue weighted by Crippen LogP contribution is -2.50. The summed E-state index contributed by atoms with van der Waals surface area (Å²) >= 11 is 0. The zero-order chi connectivity index (χ0) is 20.3. The number of nitrogens with zero attached hydrogens (tertiary/aromatic N) is 2. The molecule has 0 N–H and O–H groups in total. The van der Waals surface area contributed by atoms with Gasteiger partial charge in [-0.2, -0.15) is 4.31 Å². The number of carbonyl (C=O) groups excluding carboxylic acids is 1. The Morgan fingerprint density at radius 3 is 2.18 bits per heavy atom. The number of piperazine rings is 1. The van der Waals surface area contributed by atoms with Crippen LogP contribution in [0.15, 0.2) is 53.4 Å². The van der Waals surface area contributed by atoms with Gasteiger partial charge in [0.05, 0.1) is 0 Å². The lowest BCUT2D eigenvalue weighted by molar-refractivity contribution is 0.0697. The molecule has 0 saturated carbocycles. The maximum absolute atomic E-state index is 13.9. The molecule has 2 aromatic rings. The van der Waals surface area contributed by atoms with Gasteiger partial charge in [0.2, 0.25) is 10.0 Å². The number of hydrogen-bond donors (Lipinski definition) is 0. The van der Waals surface area contributed by atoms with E-state index in [4.69, 9.17) is 0 Å². The zero-order valence-corrected chi connectivity index (χ0v) is 17.0. The van der Waals surface area contributed by atoms with Crippen LogP contribution in [0.2, 0.25) is 0 Å². The average Bonchev–Trinajstić information content (AvgIpc) is 2.68. The minimum atomic E-state index is -3.90. The number of benzene rings is 2. The van der Waals surface area contributed by atoms with Gasteiger partial charge in [0.15, 0.2) is 0 Å². The van der Waals surface area contributed by atoms with Gasteiger partial charge in [-0.05, 0) is 42.2 Å². The maximum Gasteiger partial charge on any atom is 0.253 e. The lowest BCUT2D eigenvalue weighted by atomic mass is 10.0. The Morgan fingerprint density at radius 2 is 1.61 bits per heavy atom. The number of carbonyl (C=O) groups is 1. The number of halogens is 1. The molecule has 1 heterocycles. The summed E-state index contributed by atoms with van der Waals surface area (Å²) in [4.78, 5) is 14.0. The molecule has 7 heteroatoms.